The Hall–Kier alpha value is -0.340. The number of unbranched alkanes of at least 4 members (excludes halogenated alkanes) is 6. The van der Waals surface area contributed by atoms with Crippen LogP contribution < -0.4 is 0 Å². The smallest absolute Gasteiger partial charge is 0.0721 e. The predicted molar refractivity (Wildman–Crippen MR) is 83.3 cm³/mol. The van der Waals surface area contributed by atoms with Crippen LogP contribution in [0.3, 0.4) is 0 Å². The topological polar surface area (TPSA) is 40.5 Å². The second-order valence-corrected chi connectivity index (χ2v) is 5.57. The molecule has 0 spiro atoms. The molecule has 0 heterocycles. The highest BCUT2D eigenvalue weighted by atomic mass is 16.3. The van der Waals surface area contributed by atoms with Crippen molar-refractivity contribution in [1.82, 2.24) is 0 Å². The Kier molecular flexibility index (Phi) is 13.8. The summed E-state index contributed by atoms with van der Waals surface area (Å²) in [4.78, 5) is 0. The molecule has 0 amide bonds. The van der Waals surface area contributed by atoms with Gasteiger partial charge in [-0.2, -0.15) is 0 Å². The first kappa shape index (κ1) is 18.7. The summed E-state index contributed by atoms with van der Waals surface area (Å²) in [5.41, 5.74) is 0. The quantitative estimate of drug-likeness (QED) is 0.379. The predicted octanol–water partition coefficient (Wildman–Crippen LogP) is 4.60. The number of hydrogen-bond acceptors (Lipinski definition) is 2. The molecule has 0 aliphatic heterocycles. The minimum Gasteiger partial charge on any atom is -0.393 e. The summed E-state index contributed by atoms with van der Waals surface area (Å²) in [7, 11) is 0. The van der Waals surface area contributed by atoms with Crippen molar-refractivity contribution in [1.29, 1.82) is 0 Å². The molecule has 2 atom stereocenters. The molecule has 0 aliphatic carbocycles. The molecule has 0 bridgehead atoms. The number of allylic oxidation sites excluding steroid dienone is 1. The van der Waals surface area contributed by atoms with E-state index in [1.165, 1.54) is 38.5 Å². The van der Waals surface area contributed by atoms with Gasteiger partial charge in [0.15, 0.2) is 0 Å². The molecule has 2 unspecified atom stereocenters. The Labute approximate surface area is 119 Å². The van der Waals surface area contributed by atoms with E-state index in [1.54, 1.807) is 0 Å². The van der Waals surface area contributed by atoms with E-state index < -0.39 is 0 Å². The molecular weight excluding hydrogens is 236 g/mol. The Morgan fingerprint density at radius 3 is 2.16 bits per heavy atom. The lowest BCUT2D eigenvalue weighted by atomic mass is 10.1. The maximum absolute atomic E-state index is 9.74. The Bertz CT molecular complexity index is 201. The van der Waals surface area contributed by atoms with Crippen LogP contribution in [-0.2, 0) is 0 Å². The molecule has 0 fully saturated rings. The molecule has 0 saturated heterocycles. The van der Waals surface area contributed by atoms with E-state index in [9.17, 15) is 10.2 Å². The van der Waals surface area contributed by atoms with Gasteiger partial charge in [-0.05, 0) is 32.1 Å². The van der Waals surface area contributed by atoms with E-state index in [4.69, 9.17) is 0 Å². The summed E-state index contributed by atoms with van der Waals surface area (Å²) < 4.78 is 0. The Balaban J connectivity index is 3.38. The molecule has 0 aromatic rings. The number of aliphatic hydroxyl groups is 2. The van der Waals surface area contributed by atoms with Gasteiger partial charge in [0.25, 0.3) is 0 Å². The molecule has 2 heteroatoms. The fourth-order valence-electron chi connectivity index (χ4n) is 2.23. The van der Waals surface area contributed by atoms with Gasteiger partial charge in [0.2, 0.25) is 0 Å². The molecular formula is C17H34O2. The van der Waals surface area contributed by atoms with E-state index in [0.29, 0.717) is 12.8 Å². The molecule has 2 N–H and O–H groups in total. The lowest BCUT2D eigenvalue weighted by molar-refractivity contribution is 0.125. The van der Waals surface area contributed by atoms with Gasteiger partial charge in [-0.15, -0.1) is 0 Å². The standard InChI is InChI=1S/C17H34O2/c1-3-5-6-7-8-9-10-11-13-17(19)15-14-16(18)12-4-2/h11,13,16-19H,3-10,12,14-15H2,1-2H3/b13-11-. The Morgan fingerprint density at radius 1 is 0.789 bits per heavy atom. The van der Waals surface area contributed by atoms with E-state index in [0.717, 1.165) is 19.3 Å². The zero-order valence-corrected chi connectivity index (χ0v) is 13.0. The van der Waals surface area contributed by atoms with Gasteiger partial charge < -0.3 is 10.2 Å². The SMILES string of the molecule is CCCCCCCC/C=C\C(O)CCC(O)CCC. The number of aliphatic hydroxyl groups excluding tert-OH is 2. The van der Waals surface area contributed by atoms with E-state index in [-0.39, 0.29) is 12.2 Å². The average Bonchev–Trinajstić information content (AvgIpc) is 2.40. The van der Waals surface area contributed by atoms with Crippen LogP contribution in [0.15, 0.2) is 12.2 Å². The fourth-order valence-corrected chi connectivity index (χ4v) is 2.23. The van der Waals surface area contributed by atoms with Crippen LogP contribution in [-0.4, -0.2) is 22.4 Å². The van der Waals surface area contributed by atoms with Crippen LogP contribution in [0, 0.1) is 0 Å². The van der Waals surface area contributed by atoms with Gasteiger partial charge in [0.1, 0.15) is 0 Å². The lowest BCUT2D eigenvalue weighted by Crippen LogP contribution is -2.11. The summed E-state index contributed by atoms with van der Waals surface area (Å²) >= 11 is 0. The summed E-state index contributed by atoms with van der Waals surface area (Å²) in [5.74, 6) is 0. The molecule has 0 aliphatic rings. The van der Waals surface area contributed by atoms with Crippen molar-refractivity contribution in [2.45, 2.75) is 96.7 Å². The summed E-state index contributed by atoms with van der Waals surface area (Å²) in [6.07, 6.45) is 15.5. The fraction of sp³-hybridized carbons (Fsp3) is 0.882. The monoisotopic (exact) mass is 270 g/mol. The molecule has 0 rings (SSSR count). The van der Waals surface area contributed by atoms with Gasteiger partial charge in [0.05, 0.1) is 12.2 Å². The molecule has 0 aromatic heterocycles. The molecule has 0 aromatic carbocycles. The third kappa shape index (κ3) is 13.9. The summed E-state index contributed by atoms with van der Waals surface area (Å²) in [5, 5.41) is 19.3. The first-order valence-electron chi connectivity index (χ1n) is 8.23. The highest BCUT2D eigenvalue weighted by Crippen LogP contribution is 2.10. The zero-order valence-electron chi connectivity index (χ0n) is 13.0. The van der Waals surface area contributed by atoms with Crippen LogP contribution in [0.25, 0.3) is 0 Å². The van der Waals surface area contributed by atoms with E-state index in [2.05, 4.69) is 19.9 Å². The maximum Gasteiger partial charge on any atom is 0.0721 e. The maximum atomic E-state index is 9.74. The van der Waals surface area contributed by atoms with Gasteiger partial charge in [-0.1, -0.05) is 64.5 Å². The van der Waals surface area contributed by atoms with Gasteiger partial charge in [-0.3, -0.25) is 0 Å². The van der Waals surface area contributed by atoms with Crippen molar-refractivity contribution in [3.63, 3.8) is 0 Å². The van der Waals surface area contributed by atoms with Gasteiger partial charge in [0, 0.05) is 0 Å². The van der Waals surface area contributed by atoms with E-state index >= 15 is 0 Å². The minimum atomic E-state index is -0.383. The Morgan fingerprint density at radius 2 is 1.47 bits per heavy atom. The lowest BCUT2D eigenvalue weighted by Gasteiger charge is -2.10. The molecule has 0 radical (unpaired) electrons. The molecule has 19 heavy (non-hydrogen) atoms. The zero-order chi connectivity index (χ0) is 14.3. The van der Waals surface area contributed by atoms with Gasteiger partial charge in [-0.25, -0.2) is 0 Å². The number of rotatable bonds is 13. The van der Waals surface area contributed by atoms with Crippen LogP contribution in [0.2, 0.25) is 0 Å². The van der Waals surface area contributed by atoms with Crippen molar-refractivity contribution >= 4 is 0 Å². The average molecular weight is 270 g/mol. The van der Waals surface area contributed by atoms with Gasteiger partial charge >= 0.3 is 0 Å². The minimum absolute atomic E-state index is 0.244. The second-order valence-electron chi connectivity index (χ2n) is 5.57. The third-order valence-electron chi connectivity index (χ3n) is 3.50. The summed E-state index contributed by atoms with van der Waals surface area (Å²) in [6.45, 7) is 4.31. The third-order valence-corrected chi connectivity index (χ3v) is 3.50. The number of hydrogen-bond donors (Lipinski definition) is 2. The molecule has 114 valence electrons. The van der Waals surface area contributed by atoms with Crippen molar-refractivity contribution in [2.24, 2.45) is 0 Å². The van der Waals surface area contributed by atoms with Crippen LogP contribution in [0.4, 0.5) is 0 Å². The van der Waals surface area contributed by atoms with E-state index in [1.807, 2.05) is 6.08 Å². The first-order chi connectivity index (χ1) is 9.20. The highest BCUT2D eigenvalue weighted by Gasteiger charge is 2.05. The van der Waals surface area contributed by atoms with Crippen molar-refractivity contribution in [3.8, 4) is 0 Å². The largest absolute Gasteiger partial charge is 0.393 e. The molecule has 0 saturated carbocycles. The highest BCUT2D eigenvalue weighted by molar-refractivity contribution is 4.88. The first-order valence-corrected chi connectivity index (χ1v) is 8.23. The van der Waals surface area contributed by atoms with Crippen molar-refractivity contribution < 1.29 is 10.2 Å². The summed E-state index contributed by atoms with van der Waals surface area (Å²) in [6, 6.07) is 0. The van der Waals surface area contributed by atoms with Crippen LogP contribution in [0.5, 0.6) is 0 Å². The van der Waals surface area contributed by atoms with Crippen molar-refractivity contribution in [2.75, 3.05) is 0 Å². The van der Waals surface area contributed by atoms with Crippen LogP contribution in [0.1, 0.15) is 84.5 Å². The molecule has 2 nitrogen and oxygen atoms in total. The van der Waals surface area contributed by atoms with Crippen LogP contribution >= 0.6 is 0 Å². The second kappa shape index (κ2) is 14.1. The normalized spacial score (nSPS) is 14.9. The van der Waals surface area contributed by atoms with Crippen molar-refractivity contribution in [3.05, 3.63) is 12.2 Å².